The van der Waals surface area contributed by atoms with Gasteiger partial charge in [0.05, 0.1) is 0 Å². The van der Waals surface area contributed by atoms with Gasteiger partial charge in [-0.15, -0.1) is 0 Å². The second-order valence-corrected chi connectivity index (χ2v) is 4.86. The number of amides is 1. The lowest BCUT2D eigenvalue weighted by atomic mass is 10.1. The Morgan fingerprint density at radius 2 is 2.00 bits per heavy atom. The first kappa shape index (κ1) is 16.9. The van der Waals surface area contributed by atoms with E-state index in [1.165, 1.54) is 13.8 Å². The molecule has 0 unspecified atom stereocenters. The summed E-state index contributed by atoms with van der Waals surface area (Å²) in [5.74, 6) is -0.873. The van der Waals surface area contributed by atoms with Gasteiger partial charge in [0.15, 0.2) is 11.9 Å². The SMILES string of the molecule is CCCCC(=O)O[C@@H](C)C(=O)Nc1cccc(C(C)=O)c1. The standard InChI is InChI=1S/C16H21NO4/c1-4-5-9-15(19)21-12(3)16(20)17-14-8-6-7-13(10-14)11(2)18/h6-8,10,12H,4-5,9H2,1-3H3,(H,17,20)/t12-/m0/s1. The highest BCUT2D eigenvalue weighted by Gasteiger charge is 2.17. The fourth-order valence-corrected chi connectivity index (χ4v) is 1.69. The predicted octanol–water partition coefficient (Wildman–Crippen LogP) is 2.95. The van der Waals surface area contributed by atoms with Gasteiger partial charge in [-0.1, -0.05) is 25.5 Å². The molecule has 0 heterocycles. The molecule has 0 aliphatic rings. The van der Waals surface area contributed by atoms with Crippen LogP contribution in [0.2, 0.25) is 0 Å². The molecule has 1 rings (SSSR count). The van der Waals surface area contributed by atoms with Crippen molar-refractivity contribution in [3.8, 4) is 0 Å². The number of hydrogen-bond donors (Lipinski definition) is 1. The molecule has 5 heteroatoms. The van der Waals surface area contributed by atoms with Crippen LogP contribution in [0, 0.1) is 0 Å². The van der Waals surface area contributed by atoms with Crippen molar-refractivity contribution in [3.63, 3.8) is 0 Å². The molecule has 0 fully saturated rings. The van der Waals surface area contributed by atoms with Crippen LogP contribution in [0.4, 0.5) is 5.69 Å². The molecule has 1 N–H and O–H groups in total. The number of anilines is 1. The summed E-state index contributed by atoms with van der Waals surface area (Å²) in [6.07, 6.45) is 1.09. The van der Waals surface area contributed by atoms with Crippen molar-refractivity contribution < 1.29 is 19.1 Å². The third kappa shape index (κ3) is 5.77. The fourth-order valence-electron chi connectivity index (χ4n) is 1.69. The number of ether oxygens (including phenoxy) is 1. The number of Topliss-reactive ketones (excluding diaryl/α,β-unsaturated/α-hetero) is 1. The average Bonchev–Trinajstić information content (AvgIpc) is 2.45. The Balaban J connectivity index is 2.58. The molecular weight excluding hydrogens is 270 g/mol. The van der Waals surface area contributed by atoms with Crippen LogP contribution in [-0.2, 0) is 14.3 Å². The first-order chi connectivity index (χ1) is 9.93. The van der Waals surface area contributed by atoms with Gasteiger partial charge in [0, 0.05) is 17.7 Å². The number of benzene rings is 1. The third-order valence-corrected chi connectivity index (χ3v) is 2.95. The predicted molar refractivity (Wildman–Crippen MR) is 80.2 cm³/mol. The molecule has 1 aromatic carbocycles. The Morgan fingerprint density at radius 3 is 2.62 bits per heavy atom. The Kier molecular flexibility index (Phi) is 6.59. The lowest BCUT2D eigenvalue weighted by Gasteiger charge is -2.13. The Bertz CT molecular complexity index is 525. The van der Waals surface area contributed by atoms with Crippen LogP contribution in [0.1, 0.15) is 50.4 Å². The van der Waals surface area contributed by atoms with Crippen LogP contribution < -0.4 is 5.32 Å². The number of nitrogens with one attached hydrogen (secondary N) is 1. The zero-order chi connectivity index (χ0) is 15.8. The molecule has 0 saturated carbocycles. The Hall–Kier alpha value is -2.17. The number of ketones is 1. The van der Waals surface area contributed by atoms with Gasteiger partial charge in [0.2, 0.25) is 0 Å². The van der Waals surface area contributed by atoms with Crippen molar-refractivity contribution in [2.45, 2.75) is 46.1 Å². The van der Waals surface area contributed by atoms with Crippen molar-refractivity contribution in [3.05, 3.63) is 29.8 Å². The van der Waals surface area contributed by atoms with Crippen LogP contribution in [-0.4, -0.2) is 23.8 Å². The van der Waals surface area contributed by atoms with E-state index < -0.39 is 12.0 Å². The minimum atomic E-state index is -0.865. The average molecular weight is 291 g/mol. The maximum atomic E-state index is 11.9. The van der Waals surface area contributed by atoms with Gasteiger partial charge < -0.3 is 10.1 Å². The van der Waals surface area contributed by atoms with Gasteiger partial charge >= 0.3 is 5.97 Å². The highest BCUT2D eigenvalue weighted by Crippen LogP contribution is 2.12. The smallest absolute Gasteiger partial charge is 0.306 e. The molecule has 0 spiro atoms. The summed E-state index contributed by atoms with van der Waals surface area (Å²) < 4.78 is 5.05. The zero-order valence-corrected chi connectivity index (χ0v) is 12.6. The molecule has 0 aromatic heterocycles. The molecular formula is C16H21NO4. The fraction of sp³-hybridized carbons (Fsp3) is 0.438. The van der Waals surface area contributed by atoms with Gasteiger partial charge in [-0.2, -0.15) is 0 Å². The summed E-state index contributed by atoms with van der Waals surface area (Å²) >= 11 is 0. The molecule has 0 aliphatic carbocycles. The van der Waals surface area contributed by atoms with E-state index in [1.807, 2.05) is 6.92 Å². The number of carbonyl (C=O) groups excluding carboxylic acids is 3. The highest BCUT2D eigenvalue weighted by atomic mass is 16.5. The zero-order valence-electron chi connectivity index (χ0n) is 12.6. The van der Waals surface area contributed by atoms with Crippen LogP contribution >= 0.6 is 0 Å². The van der Waals surface area contributed by atoms with Crippen molar-refractivity contribution >= 4 is 23.3 Å². The monoisotopic (exact) mass is 291 g/mol. The molecule has 0 aliphatic heterocycles. The molecule has 0 bridgehead atoms. The maximum absolute atomic E-state index is 11.9. The molecule has 1 amide bonds. The number of hydrogen-bond acceptors (Lipinski definition) is 4. The summed E-state index contributed by atoms with van der Waals surface area (Å²) in [6, 6.07) is 6.62. The van der Waals surface area contributed by atoms with Gasteiger partial charge in [-0.25, -0.2) is 0 Å². The van der Waals surface area contributed by atoms with Crippen molar-refractivity contribution in [2.75, 3.05) is 5.32 Å². The van der Waals surface area contributed by atoms with Gasteiger partial charge in [-0.05, 0) is 32.4 Å². The topological polar surface area (TPSA) is 72.5 Å². The minimum Gasteiger partial charge on any atom is -0.453 e. The van der Waals surface area contributed by atoms with Crippen molar-refractivity contribution in [1.82, 2.24) is 0 Å². The van der Waals surface area contributed by atoms with Gasteiger partial charge in [0.25, 0.3) is 5.91 Å². The van der Waals surface area contributed by atoms with Gasteiger partial charge in [0.1, 0.15) is 0 Å². The second-order valence-electron chi connectivity index (χ2n) is 4.86. The molecule has 0 radical (unpaired) electrons. The van der Waals surface area contributed by atoms with E-state index in [1.54, 1.807) is 24.3 Å². The number of unbranched alkanes of at least 4 members (excludes halogenated alkanes) is 1. The number of esters is 1. The van der Waals surface area contributed by atoms with E-state index in [-0.39, 0.29) is 11.8 Å². The third-order valence-electron chi connectivity index (χ3n) is 2.95. The highest BCUT2D eigenvalue weighted by molar-refractivity contribution is 5.98. The van der Waals surface area contributed by atoms with E-state index in [0.29, 0.717) is 17.7 Å². The number of rotatable bonds is 7. The van der Waals surface area contributed by atoms with Crippen LogP contribution in [0.25, 0.3) is 0 Å². The summed E-state index contributed by atoms with van der Waals surface area (Å²) in [5.41, 5.74) is 1.02. The normalized spacial score (nSPS) is 11.6. The summed E-state index contributed by atoms with van der Waals surface area (Å²) in [5, 5.41) is 2.63. The molecule has 5 nitrogen and oxygen atoms in total. The number of carbonyl (C=O) groups is 3. The second kappa shape index (κ2) is 8.19. The first-order valence-electron chi connectivity index (χ1n) is 7.05. The lowest BCUT2D eigenvalue weighted by Crippen LogP contribution is -2.29. The van der Waals surface area contributed by atoms with E-state index in [9.17, 15) is 14.4 Å². The minimum absolute atomic E-state index is 0.0786. The first-order valence-corrected chi connectivity index (χ1v) is 7.05. The van der Waals surface area contributed by atoms with E-state index in [4.69, 9.17) is 4.74 Å². The van der Waals surface area contributed by atoms with Crippen molar-refractivity contribution in [1.29, 1.82) is 0 Å². The molecule has 0 saturated heterocycles. The Morgan fingerprint density at radius 1 is 1.29 bits per heavy atom. The molecule has 21 heavy (non-hydrogen) atoms. The largest absolute Gasteiger partial charge is 0.453 e. The maximum Gasteiger partial charge on any atom is 0.306 e. The summed E-state index contributed by atoms with van der Waals surface area (Å²) in [6.45, 7) is 4.96. The lowest BCUT2D eigenvalue weighted by molar-refractivity contribution is -0.153. The molecule has 1 atom stereocenters. The van der Waals surface area contributed by atoms with Crippen molar-refractivity contribution in [2.24, 2.45) is 0 Å². The van der Waals surface area contributed by atoms with E-state index in [2.05, 4.69) is 5.32 Å². The summed E-state index contributed by atoms with van der Waals surface area (Å²) in [7, 11) is 0. The molecule has 114 valence electrons. The van der Waals surface area contributed by atoms with E-state index in [0.717, 1.165) is 12.8 Å². The van der Waals surface area contributed by atoms with Crippen LogP contribution in [0.15, 0.2) is 24.3 Å². The van der Waals surface area contributed by atoms with Gasteiger partial charge in [-0.3, -0.25) is 14.4 Å². The van der Waals surface area contributed by atoms with Crippen LogP contribution in [0.3, 0.4) is 0 Å². The van der Waals surface area contributed by atoms with E-state index >= 15 is 0 Å². The Labute approximate surface area is 124 Å². The summed E-state index contributed by atoms with van der Waals surface area (Å²) in [4.78, 5) is 34.7. The molecule has 1 aromatic rings. The quantitative estimate of drug-likeness (QED) is 0.619. The van der Waals surface area contributed by atoms with Crippen LogP contribution in [0.5, 0.6) is 0 Å².